The lowest BCUT2D eigenvalue weighted by Crippen LogP contribution is -2.46. The SMILES string of the molecule is C1CCNCC1.CCN(CC)CC.CCc1cc(=O)oc2[nH]c(=O)n(CC(=O)N3CCCCC3)c(=O)c12.CCc1cc(=O)oc2c1c(=O)n(CC(=O)N1CCCCC1)c(=O)n2COC.CCc1cc(=O)oc2c1c(=O)n(CC(=O)O)c(=O)n2COC.ClCCl. The summed E-state index contributed by atoms with van der Waals surface area (Å²) in [7, 11) is 2.70. The zero-order valence-corrected chi connectivity index (χ0v) is 53.6. The molecule has 0 atom stereocenters. The van der Waals surface area contributed by atoms with Gasteiger partial charge in [0.15, 0.2) is 0 Å². The molecule has 28 nitrogen and oxygen atoms in total. The summed E-state index contributed by atoms with van der Waals surface area (Å²) >= 11 is 9.53. The lowest BCUT2D eigenvalue weighted by molar-refractivity contribution is -0.138. The largest absolute Gasteiger partial charge is 0.480 e. The first-order valence-electron chi connectivity index (χ1n) is 29.9. The number of hydrogen-bond donors (Lipinski definition) is 3. The first kappa shape index (κ1) is 74.0. The second kappa shape index (κ2) is 37.5. The number of aliphatic carboxylic acids is 1. The van der Waals surface area contributed by atoms with Crippen LogP contribution in [-0.4, -0.2) is 144 Å². The first-order valence-corrected chi connectivity index (χ1v) is 30.9. The Bertz CT molecular complexity index is 3880. The van der Waals surface area contributed by atoms with Crippen LogP contribution in [0.2, 0.25) is 0 Å². The standard InChI is InChI=1S/C18H23N3O6.C16H19N3O5.C13H14N2O7.C6H15N.C5H11N.CH2Cl2/c1-3-12-9-14(23)27-17-15(12)16(24)20(18(25)21(17)11-26-2)10-13(22)19-7-5-4-6-8-19;1-2-10-8-12(21)24-14-13(10)15(22)19(16(23)17-14)9-11(20)18-6-4-3-5-7-18;1-3-7-4-9(18)22-12-10(7)11(19)14(5-8(16)17)13(20)15(12)6-21-2;1-4-7(5-2)6-3;1-2-4-6-5-3-1;2-1-3/h9H,3-8,10-11H2,1-2H3;8H,2-7,9H2,1H3,(H,17,23);4H,3,5-6H2,1-2H3,(H,16,17);4-6H2,1-3H3;6H,1-5H2;1H2. The van der Waals surface area contributed by atoms with Crippen molar-refractivity contribution in [1.29, 1.82) is 0 Å². The van der Waals surface area contributed by atoms with Crippen molar-refractivity contribution in [2.24, 2.45) is 0 Å². The third-order valence-electron chi connectivity index (χ3n) is 14.9. The van der Waals surface area contributed by atoms with Gasteiger partial charge in [-0.05, 0) is 120 Å². The summed E-state index contributed by atoms with van der Waals surface area (Å²) in [5, 5.41) is 12.6. The third kappa shape index (κ3) is 20.3. The van der Waals surface area contributed by atoms with Crippen LogP contribution in [0.15, 0.2) is 74.6 Å². The van der Waals surface area contributed by atoms with Crippen LogP contribution in [0.5, 0.6) is 0 Å². The number of carbonyl (C=O) groups is 3. The average Bonchev–Trinajstić information content (AvgIpc) is 2.08. The number of piperidine rings is 3. The van der Waals surface area contributed by atoms with E-state index in [1.165, 1.54) is 78.3 Å². The maximum absolute atomic E-state index is 13.0. The summed E-state index contributed by atoms with van der Waals surface area (Å²) in [6.45, 7) is 18.5. The van der Waals surface area contributed by atoms with Gasteiger partial charge in [-0.1, -0.05) is 48.0 Å². The Morgan fingerprint density at radius 3 is 1.21 bits per heavy atom. The predicted octanol–water partition coefficient (Wildman–Crippen LogP) is 3.41. The molecule has 6 aromatic heterocycles. The smallest absolute Gasteiger partial charge is 0.337 e. The number of nitrogens with one attached hydrogen (secondary N) is 2. The number of carboxylic acid groups (broad SMARTS) is 1. The maximum Gasteiger partial charge on any atom is 0.337 e. The van der Waals surface area contributed by atoms with E-state index in [4.69, 9.17) is 51.0 Å². The number of aromatic nitrogens is 6. The fourth-order valence-electron chi connectivity index (χ4n) is 10.2. The molecule has 0 unspecified atom stereocenters. The average molecular weight is 1290 g/mol. The Morgan fingerprint density at radius 1 is 0.517 bits per heavy atom. The van der Waals surface area contributed by atoms with E-state index in [1.807, 2.05) is 0 Å². The molecule has 2 amide bonds. The van der Waals surface area contributed by atoms with Gasteiger partial charge in [-0.15, -0.1) is 23.2 Å². The van der Waals surface area contributed by atoms with Crippen molar-refractivity contribution in [3.63, 3.8) is 0 Å². The Labute approximate surface area is 521 Å². The number of rotatable bonds is 16. The number of carbonyl (C=O) groups excluding carboxylic acids is 2. The highest BCUT2D eigenvalue weighted by Crippen LogP contribution is 2.16. The van der Waals surface area contributed by atoms with Gasteiger partial charge in [-0.3, -0.25) is 38.3 Å². The number of methoxy groups -OCH3 is 2. The number of fused-ring (bicyclic) bond motifs is 3. The van der Waals surface area contributed by atoms with Gasteiger partial charge < -0.3 is 47.8 Å². The quantitative estimate of drug-likeness (QED) is 0.117. The summed E-state index contributed by atoms with van der Waals surface area (Å²) in [5.41, 5.74) is -5.61. The Balaban J connectivity index is 0.000000254. The molecular weight excluding hydrogens is 1210 g/mol. The van der Waals surface area contributed by atoms with Crippen LogP contribution >= 0.6 is 23.2 Å². The summed E-state index contributed by atoms with van der Waals surface area (Å²) in [4.78, 5) is 154. The second-order valence-electron chi connectivity index (χ2n) is 20.6. The van der Waals surface area contributed by atoms with Gasteiger partial charge in [-0.25, -0.2) is 47.0 Å². The number of carboxylic acids is 1. The molecule has 3 saturated heterocycles. The zero-order valence-electron chi connectivity index (χ0n) is 52.0. The van der Waals surface area contributed by atoms with Crippen LogP contribution in [0.25, 0.3) is 33.3 Å². The van der Waals surface area contributed by atoms with Crippen LogP contribution in [0.1, 0.15) is 116 Å². The molecule has 9 heterocycles. The number of hydrogen-bond acceptors (Lipinski definition) is 19. The van der Waals surface area contributed by atoms with E-state index >= 15 is 0 Å². The minimum absolute atomic E-state index is 0.000000000000000444. The highest BCUT2D eigenvalue weighted by Gasteiger charge is 2.25. The van der Waals surface area contributed by atoms with E-state index in [0.717, 1.165) is 62.9 Å². The van der Waals surface area contributed by atoms with Gasteiger partial charge in [-0.2, -0.15) is 0 Å². The molecule has 0 bridgehead atoms. The van der Waals surface area contributed by atoms with Crippen molar-refractivity contribution < 1.29 is 42.2 Å². The van der Waals surface area contributed by atoms with Crippen molar-refractivity contribution in [3.8, 4) is 0 Å². The third-order valence-corrected chi connectivity index (χ3v) is 14.9. The molecule has 3 aliphatic heterocycles. The number of amides is 2. The molecule has 0 aromatic carbocycles. The van der Waals surface area contributed by atoms with E-state index < -0.39 is 63.1 Å². The lowest BCUT2D eigenvalue weighted by atomic mass is 10.1. The van der Waals surface area contributed by atoms with Gasteiger partial charge in [0.05, 0.1) is 5.34 Å². The van der Waals surface area contributed by atoms with Gasteiger partial charge in [0, 0.05) is 58.6 Å². The fraction of sp³-hybridized carbons (Fsp3) is 0.593. The molecule has 492 valence electrons. The number of aryl methyl sites for hydroxylation is 3. The summed E-state index contributed by atoms with van der Waals surface area (Å²) in [6.07, 6.45) is 11.2. The summed E-state index contributed by atoms with van der Waals surface area (Å²) in [5.74, 6) is -1.86. The molecule has 89 heavy (non-hydrogen) atoms. The number of halogens is 2. The second-order valence-corrected chi connectivity index (χ2v) is 21.4. The van der Waals surface area contributed by atoms with E-state index in [0.29, 0.717) is 66.7 Å². The molecule has 9 rings (SSSR count). The molecular formula is C59H84Cl2N10O18. The number of likely N-dealkylation sites (tertiary alicyclic amines) is 2. The molecule has 0 aliphatic carbocycles. The summed E-state index contributed by atoms with van der Waals surface area (Å²) in [6, 6.07) is 3.62. The molecule has 0 saturated carbocycles. The molecule has 0 spiro atoms. The van der Waals surface area contributed by atoms with Crippen LogP contribution in [0.4, 0.5) is 0 Å². The minimum Gasteiger partial charge on any atom is -0.480 e. The van der Waals surface area contributed by atoms with Crippen molar-refractivity contribution >= 4 is 74.3 Å². The minimum atomic E-state index is -1.34. The van der Waals surface area contributed by atoms with E-state index in [2.05, 4.69) is 36.0 Å². The number of nitrogens with zero attached hydrogens (tertiary/aromatic N) is 8. The van der Waals surface area contributed by atoms with Crippen molar-refractivity contribution in [1.82, 2.24) is 47.8 Å². The van der Waals surface area contributed by atoms with E-state index in [9.17, 15) is 57.5 Å². The topological polar surface area (TPSA) is 345 Å². The first-order chi connectivity index (χ1) is 42.6. The number of H-pyrrole nitrogens is 1. The van der Waals surface area contributed by atoms with Crippen LogP contribution in [0.3, 0.4) is 0 Å². The van der Waals surface area contributed by atoms with Crippen molar-refractivity contribution in [2.75, 3.05) is 78.5 Å². The number of ether oxygens (including phenoxy) is 2. The Kier molecular flexibility index (Phi) is 31.2. The van der Waals surface area contributed by atoms with Crippen molar-refractivity contribution in [2.45, 2.75) is 152 Å². The molecule has 3 aliphatic rings. The maximum atomic E-state index is 13.0. The molecule has 0 radical (unpaired) electrons. The van der Waals surface area contributed by atoms with Crippen molar-refractivity contribution in [3.05, 3.63) is 129 Å². The number of alkyl halides is 2. The van der Waals surface area contributed by atoms with Crippen LogP contribution < -0.4 is 55.9 Å². The van der Waals surface area contributed by atoms with Crippen LogP contribution in [0, 0.1) is 0 Å². The number of aromatic amines is 1. The van der Waals surface area contributed by atoms with Gasteiger partial charge in [0.2, 0.25) is 29.0 Å². The van der Waals surface area contributed by atoms with Gasteiger partial charge in [0.1, 0.15) is 49.3 Å². The zero-order chi connectivity index (χ0) is 65.9. The Morgan fingerprint density at radius 2 is 0.876 bits per heavy atom. The molecule has 30 heteroatoms. The molecule has 3 fully saturated rings. The highest BCUT2D eigenvalue weighted by atomic mass is 35.5. The van der Waals surface area contributed by atoms with Gasteiger partial charge in [0.25, 0.3) is 16.7 Å². The molecule has 3 N–H and O–H groups in total. The van der Waals surface area contributed by atoms with Gasteiger partial charge >= 0.3 is 39.9 Å². The molecule has 6 aromatic rings. The van der Waals surface area contributed by atoms with Crippen LogP contribution in [-0.2, 0) is 76.2 Å². The van der Waals surface area contributed by atoms with E-state index in [1.54, 1.807) is 30.6 Å². The lowest BCUT2D eigenvalue weighted by Gasteiger charge is -2.27. The van der Waals surface area contributed by atoms with E-state index in [-0.39, 0.29) is 77.0 Å². The highest BCUT2D eigenvalue weighted by molar-refractivity contribution is 6.40. The summed E-state index contributed by atoms with van der Waals surface area (Å²) < 4.78 is 29.3. The Hall–Kier alpha value is -7.50. The fourth-order valence-corrected chi connectivity index (χ4v) is 10.2. The monoisotopic (exact) mass is 1290 g/mol. The predicted molar refractivity (Wildman–Crippen MR) is 337 cm³/mol. The normalized spacial score (nSPS) is 13.8.